The SMILES string of the molecule is C#CCCCNC(=O)c1ccc(C(F)(F)F)nc1. The van der Waals surface area contributed by atoms with Crippen molar-refractivity contribution < 1.29 is 18.0 Å². The zero-order chi connectivity index (χ0) is 13.6. The van der Waals surface area contributed by atoms with Gasteiger partial charge < -0.3 is 5.32 Å². The molecular weight excluding hydrogens is 245 g/mol. The van der Waals surface area contributed by atoms with Gasteiger partial charge in [0.25, 0.3) is 5.91 Å². The summed E-state index contributed by atoms with van der Waals surface area (Å²) in [6.07, 6.45) is 2.59. The molecule has 0 spiro atoms. The van der Waals surface area contributed by atoms with Crippen molar-refractivity contribution in [1.29, 1.82) is 0 Å². The maximum absolute atomic E-state index is 12.2. The average Bonchev–Trinajstić information content (AvgIpc) is 2.33. The lowest BCUT2D eigenvalue weighted by atomic mass is 10.2. The van der Waals surface area contributed by atoms with Gasteiger partial charge in [0.2, 0.25) is 0 Å². The third kappa shape index (κ3) is 4.09. The number of hydrogen-bond acceptors (Lipinski definition) is 2. The second kappa shape index (κ2) is 6.05. The van der Waals surface area contributed by atoms with E-state index < -0.39 is 17.8 Å². The van der Waals surface area contributed by atoms with Gasteiger partial charge >= 0.3 is 6.18 Å². The molecule has 0 atom stereocenters. The lowest BCUT2D eigenvalue weighted by Crippen LogP contribution is -2.24. The summed E-state index contributed by atoms with van der Waals surface area (Å²) in [5.41, 5.74) is -0.935. The predicted octanol–water partition coefficient (Wildman–Crippen LogP) is 2.24. The lowest BCUT2D eigenvalue weighted by Gasteiger charge is -2.07. The molecule has 6 heteroatoms. The number of nitrogens with zero attached hydrogens (tertiary/aromatic N) is 1. The summed E-state index contributed by atoms with van der Waals surface area (Å²) in [5, 5.41) is 2.54. The molecule has 1 rings (SSSR count). The zero-order valence-electron chi connectivity index (χ0n) is 9.42. The molecule has 1 aromatic rings. The maximum atomic E-state index is 12.2. The monoisotopic (exact) mass is 256 g/mol. The Hall–Kier alpha value is -2.03. The van der Waals surface area contributed by atoms with Crippen LogP contribution in [-0.4, -0.2) is 17.4 Å². The molecule has 18 heavy (non-hydrogen) atoms. The fraction of sp³-hybridized carbons (Fsp3) is 0.333. The Morgan fingerprint density at radius 3 is 2.67 bits per heavy atom. The summed E-state index contributed by atoms with van der Waals surface area (Å²) >= 11 is 0. The number of unbranched alkanes of at least 4 members (excludes halogenated alkanes) is 1. The van der Waals surface area contributed by atoms with E-state index >= 15 is 0 Å². The third-order valence-electron chi connectivity index (χ3n) is 2.10. The molecule has 1 aromatic heterocycles. The van der Waals surface area contributed by atoms with E-state index in [1.807, 2.05) is 0 Å². The Labute approximate surface area is 102 Å². The van der Waals surface area contributed by atoms with Gasteiger partial charge in [0.05, 0.1) is 5.56 Å². The average molecular weight is 256 g/mol. The highest BCUT2D eigenvalue weighted by atomic mass is 19.4. The molecule has 0 saturated carbocycles. The number of nitrogens with one attached hydrogen (secondary N) is 1. The van der Waals surface area contributed by atoms with Gasteiger partial charge in [-0.1, -0.05) is 0 Å². The first-order chi connectivity index (χ1) is 8.45. The third-order valence-corrected chi connectivity index (χ3v) is 2.10. The van der Waals surface area contributed by atoms with Gasteiger partial charge in [0.15, 0.2) is 0 Å². The summed E-state index contributed by atoms with van der Waals surface area (Å²) in [5.74, 6) is 1.95. The van der Waals surface area contributed by atoms with Gasteiger partial charge in [-0.25, -0.2) is 0 Å². The molecule has 3 nitrogen and oxygen atoms in total. The number of amides is 1. The van der Waals surface area contributed by atoms with Crippen LogP contribution in [-0.2, 0) is 6.18 Å². The molecule has 0 aliphatic heterocycles. The van der Waals surface area contributed by atoms with Crippen molar-refractivity contribution in [1.82, 2.24) is 10.3 Å². The van der Waals surface area contributed by atoms with E-state index in [1.165, 1.54) is 0 Å². The van der Waals surface area contributed by atoms with Crippen LogP contribution in [0.15, 0.2) is 18.3 Å². The van der Waals surface area contributed by atoms with Crippen LogP contribution in [0.3, 0.4) is 0 Å². The number of terminal acetylenes is 1. The number of carbonyl (C=O) groups is 1. The van der Waals surface area contributed by atoms with E-state index in [1.54, 1.807) is 0 Å². The molecule has 0 saturated heterocycles. The summed E-state index contributed by atoms with van der Waals surface area (Å²) in [6.45, 7) is 0.379. The van der Waals surface area contributed by atoms with Crippen molar-refractivity contribution in [2.75, 3.05) is 6.54 Å². The highest BCUT2D eigenvalue weighted by Crippen LogP contribution is 2.27. The molecule has 0 aromatic carbocycles. The number of alkyl halides is 3. The molecule has 0 aliphatic carbocycles. The van der Waals surface area contributed by atoms with Gasteiger partial charge in [-0.3, -0.25) is 9.78 Å². The van der Waals surface area contributed by atoms with Crippen molar-refractivity contribution in [3.63, 3.8) is 0 Å². The highest BCUT2D eigenvalue weighted by molar-refractivity contribution is 5.93. The number of rotatable bonds is 4. The van der Waals surface area contributed by atoms with Gasteiger partial charge in [-0.05, 0) is 18.6 Å². The predicted molar refractivity (Wildman–Crippen MR) is 59.6 cm³/mol. The minimum absolute atomic E-state index is 0.0868. The molecule has 0 radical (unpaired) electrons. The number of carbonyl (C=O) groups excluding carboxylic acids is 1. The van der Waals surface area contributed by atoms with E-state index in [9.17, 15) is 18.0 Å². The van der Waals surface area contributed by atoms with Crippen LogP contribution in [0.1, 0.15) is 28.9 Å². The lowest BCUT2D eigenvalue weighted by molar-refractivity contribution is -0.141. The molecule has 0 unspecified atom stereocenters. The normalized spacial score (nSPS) is 10.8. The molecule has 0 aliphatic rings. The van der Waals surface area contributed by atoms with Crippen molar-refractivity contribution in [2.24, 2.45) is 0 Å². The zero-order valence-corrected chi connectivity index (χ0v) is 9.42. The number of pyridine rings is 1. The van der Waals surface area contributed by atoms with Crippen molar-refractivity contribution in [3.05, 3.63) is 29.6 Å². The summed E-state index contributed by atoms with van der Waals surface area (Å²) in [6, 6.07) is 1.86. The number of aromatic nitrogens is 1. The van der Waals surface area contributed by atoms with Crippen LogP contribution in [0.5, 0.6) is 0 Å². The van der Waals surface area contributed by atoms with Crippen LogP contribution < -0.4 is 5.32 Å². The van der Waals surface area contributed by atoms with Crippen LogP contribution in [0.25, 0.3) is 0 Å². The van der Waals surface area contributed by atoms with Gasteiger partial charge in [-0.15, -0.1) is 12.3 Å². The smallest absolute Gasteiger partial charge is 0.352 e. The first-order valence-electron chi connectivity index (χ1n) is 5.20. The summed E-state index contributed by atoms with van der Waals surface area (Å²) in [7, 11) is 0. The molecule has 1 N–H and O–H groups in total. The molecule has 96 valence electrons. The number of hydrogen-bond donors (Lipinski definition) is 1. The highest BCUT2D eigenvalue weighted by Gasteiger charge is 2.32. The molecular formula is C12H11F3N2O. The van der Waals surface area contributed by atoms with Crippen LogP contribution in [0.4, 0.5) is 13.2 Å². The van der Waals surface area contributed by atoms with Crippen LogP contribution in [0.2, 0.25) is 0 Å². The Balaban J connectivity index is 2.57. The van der Waals surface area contributed by atoms with E-state index in [-0.39, 0.29) is 5.56 Å². The molecule has 0 bridgehead atoms. The standard InChI is InChI=1S/C12H11F3N2O/c1-2-3-4-7-16-11(18)9-5-6-10(17-8-9)12(13,14)15/h1,5-6,8H,3-4,7H2,(H,16,18). The second-order valence-electron chi connectivity index (χ2n) is 3.49. The first-order valence-corrected chi connectivity index (χ1v) is 5.20. The van der Waals surface area contributed by atoms with E-state index in [2.05, 4.69) is 16.2 Å². The summed E-state index contributed by atoms with van der Waals surface area (Å²) < 4.78 is 36.7. The fourth-order valence-corrected chi connectivity index (χ4v) is 1.19. The Bertz CT molecular complexity index is 446. The van der Waals surface area contributed by atoms with Crippen molar-refractivity contribution >= 4 is 5.91 Å². The summed E-state index contributed by atoms with van der Waals surface area (Å²) in [4.78, 5) is 14.7. The molecule has 1 heterocycles. The minimum Gasteiger partial charge on any atom is -0.352 e. The van der Waals surface area contributed by atoms with E-state index in [0.717, 1.165) is 18.3 Å². The molecule has 1 amide bonds. The van der Waals surface area contributed by atoms with Crippen molar-refractivity contribution in [2.45, 2.75) is 19.0 Å². The largest absolute Gasteiger partial charge is 0.433 e. The second-order valence-corrected chi connectivity index (χ2v) is 3.49. The molecule has 0 fully saturated rings. The maximum Gasteiger partial charge on any atom is 0.433 e. The first kappa shape index (κ1) is 14.0. The number of halogens is 3. The van der Waals surface area contributed by atoms with E-state index in [4.69, 9.17) is 6.42 Å². The van der Waals surface area contributed by atoms with Crippen molar-refractivity contribution in [3.8, 4) is 12.3 Å². The minimum atomic E-state index is -4.50. The van der Waals surface area contributed by atoms with Gasteiger partial charge in [-0.2, -0.15) is 13.2 Å². The fourth-order valence-electron chi connectivity index (χ4n) is 1.19. The van der Waals surface area contributed by atoms with Crippen LogP contribution >= 0.6 is 0 Å². The van der Waals surface area contributed by atoms with Gasteiger partial charge in [0, 0.05) is 19.2 Å². The van der Waals surface area contributed by atoms with E-state index in [0.29, 0.717) is 19.4 Å². The van der Waals surface area contributed by atoms with Gasteiger partial charge in [0.1, 0.15) is 5.69 Å². The Morgan fingerprint density at radius 1 is 1.44 bits per heavy atom. The van der Waals surface area contributed by atoms with Crippen LogP contribution in [0, 0.1) is 12.3 Å². The Morgan fingerprint density at radius 2 is 2.17 bits per heavy atom. The quantitative estimate of drug-likeness (QED) is 0.663. The topological polar surface area (TPSA) is 42.0 Å². The Kier molecular flexibility index (Phi) is 4.72.